The number of nitrogens with zero attached hydrogens (tertiary/aromatic N) is 2. The summed E-state index contributed by atoms with van der Waals surface area (Å²) in [6.45, 7) is 2.24. The summed E-state index contributed by atoms with van der Waals surface area (Å²) in [5.41, 5.74) is 0.356. The zero-order valence-electron chi connectivity index (χ0n) is 18.5. The molecule has 15 heteroatoms. The zero-order valence-corrected chi connectivity index (χ0v) is 17.5. The lowest BCUT2D eigenvalue weighted by Crippen LogP contribution is -2.42. The van der Waals surface area contributed by atoms with Gasteiger partial charge in [-0.3, -0.25) is 29.6 Å². The fourth-order valence-electron chi connectivity index (χ4n) is 2.69. The highest BCUT2D eigenvalue weighted by atomic mass is 19.4. The van der Waals surface area contributed by atoms with Crippen LogP contribution in [0.5, 0.6) is 0 Å². The number of carbonyl (C=O) groups is 3. The van der Waals surface area contributed by atoms with Crippen molar-refractivity contribution in [3.05, 3.63) is 22.7 Å². The Morgan fingerprint density at radius 3 is 2.39 bits per heavy atom. The molecule has 0 radical (unpaired) electrons. The van der Waals surface area contributed by atoms with Crippen molar-refractivity contribution in [2.75, 3.05) is 12.1 Å². The van der Waals surface area contributed by atoms with Gasteiger partial charge in [0, 0.05) is 19.0 Å². The summed E-state index contributed by atoms with van der Waals surface area (Å²) < 4.78 is 67.7. The largest absolute Gasteiger partial charge is 0.463 e. The number of nitrogens with one attached hydrogen (secondary N) is 1. The number of ether oxygens (including phenoxy) is 4. The third-order valence-corrected chi connectivity index (χ3v) is 4.19. The molecule has 2 N–H and O–H groups in total. The Labute approximate surface area is 185 Å². The van der Waals surface area contributed by atoms with Gasteiger partial charge in [0.05, 0.1) is 1.37 Å². The van der Waals surface area contributed by atoms with Crippen LogP contribution in [-0.2, 0) is 33.3 Å². The van der Waals surface area contributed by atoms with Gasteiger partial charge in [-0.15, -0.1) is 0 Å². The highest BCUT2D eigenvalue weighted by Crippen LogP contribution is 2.35. The van der Waals surface area contributed by atoms with Gasteiger partial charge >= 0.3 is 29.8 Å². The van der Waals surface area contributed by atoms with Gasteiger partial charge in [0.25, 0.3) is 0 Å². The molecule has 33 heavy (non-hydrogen) atoms. The average Bonchev–Trinajstić information content (AvgIpc) is 3.01. The molecule has 0 amide bonds. The highest BCUT2D eigenvalue weighted by Gasteiger charge is 2.52. The Hall–Kier alpha value is -3.20. The van der Waals surface area contributed by atoms with Gasteiger partial charge in [0.15, 0.2) is 24.2 Å². The fourth-order valence-corrected chi connectivity index (χ4v) is 2.69. The van der Waals surface area contributed by atoms with Crippen molar-refractivity contribution in [3.8, 4) is 0 Å². The first kappa shape index (κ1) is 24.4. The van der Waals surface area contributed by atoms with E-state index in [0.717, 1.165) is 12.3 Å². The summed E-state index contributed by atoms with van der Waals surface area (Å²) in [5, 5.41) is 8.90. The smallest absolute Gasteiger partial charge is 0.399 e. The van der Waals surface area contributed by atoms with Gasteiger partial charge < -0.3 is 18.9 Å². The molecule has 0 saturated carbocycles. The van der Waals surface area contributed by atoms with Gasteiger partial charge in [-0.05, 0) is 6.07 Å². The van der Waals surface area contributed by atoms with Crippen LogP contribution in [0.3, 0.4) is 0 Å². The summed E-state index contributed by atoms with van der Waals surface area (Å²) in [6.07, 6.45) is -14.5. The van der Waals surface area contributed by atoms with Crippen molar-refractivity contribution in [3.63, 3.8) is 0 Å². The Morgan fingerprint density at radius 2 is 1.85 bits per heavy atom. The van der Waals surface area contributed by atoms with E-state index in [1.165, 1.54) is 13.8 Å². The second-order valence-electron chi connectivity index (χ2n) is 6.62. The number of esters is 3. The van der Waals surface area contributed by atoms with Crippen LogP contribution in [0, 0.1) is 0 Å². The van der Waals surface area contributed by atoms with Crippen molar-refractivity contribution >= 4 is 23.7 Å². The summed E-state index contributed by atoms with van der Waals surface area (Å²) in [6, 6.07) is 1.01. The molecule has 2 heterocycles. The van der Waals surface area contributed by atoms with Crippen molar-refractivity contribution in [2.45, 2.75) is 63.8 Å². The zero-order chi connectivity index (χ0) is 25.7. The molecule has 0 spiro atoms. The highest BCUT2D eigenvalue weighted by molar-refractivity contribution is 5.71. The first-order valence-corrected chi connectivity index (χ1v) is 9.64. The lowest BCUT2D eigenvalue weighted by atomic mass is 10.1. The third-order valence-electron chi connectivity index (χ3n) is 4.19. The second kappa shape index (κ2) is 11.1. The second-order valence-corrected chi connectivity index (χ2v) is 6.62. The van der Waals surface area contributed by atoms with Crippen molar-refractivity contribution in [1.82, 2.24) is 9.55 Å². The van der Waals surface area contributed by atoms with Gasteiger partial charge in [0.1, 0.15) is 19.1 Å². The van der Waals surface area contributed by atoms with Crippen LogP contribution in [0.15, 0.2) is 17.1 Å². The van der Waals surface area contributed by atoms with Gasteiger partial charge in [0.2, 0.25) is 0 Å². The minimum Gasteiger partial charge on any atom is -0.463 e. The fraction of sp³-hybridized carbons (Fsp3) is 0.611. The molecule has 1 aliphatic rings. The molecule has 1 aliphatic heterocycles. The van der Waals surface area contributed by atoms with Crippen molar-refractivity contribution < 1.29 is 53.1 Å². The molecule has 1 aromatic rings. The van der Waals surface area contributed by atoms with E-state index < -0.39 is 67.3 Å². The van der Waals surface area contributed by atoms with Crippen LogP contribution in [0.25, 0.3) is 0 Å². The predicted octanol–water partition coefficient (Wildman–Crippen LogP) is 1.08. The summed E-state index contributed by atoms with van der Waals surface area (Å²) in [7, 11) is 0. The molecule has 1 fully saturated rings. The Bertz CT molecular complexity index is 974. The first-order valence-electron chi connectivity index (χ1n) is 10.1. The molecule has 0 aromatic carbocycles. The molecule has 0 bridgehead atoms. The van der Waals surface area contributed by atoms with E-state index in [4.69, 9.17) is 25.5 Å². The summed E-state index contributed by atoms with van der Waals surface area (Å²) in [4.78, 5) is 51.4. The molecular formula is C18H22F3N3O9. The molecule has 0 unspecified atom stereocenters. The number of hydrogen-bond donors (Lipinski definition) is 2. The van der Waals surface area contributed by atoms with Gasteiger partial charge in [-0.2, -0.15) is 18.2 Å². The standard InChI is InChI=1S/C18H22F3N3O9/c1-3-11(25)30-8-9-14(32-12(26)4-2)15(33-13(27)7-18(19,20)21)16(31-9)24-6-5-10(23-29)22-17(24)28/h5-6,9,14-16,29H,3-4,7-8H2,1-2H3,(H,22,23,28)/t9-,14-,15-,16-/m1/s1/i16D. The number of aromatic nitrogens is 2. The maximum absolute atomic E-state index is 12.7. The Kier molecular flexibility index (Phi) is 8.21. The molecule has 4 atom stereocenters. The number of anilines is 1. The third kappa shape index (κ3) is 7.15. The molecule has 2 rings (SSSR count). The average molecular weight is 482 g/mol. The monoisotopic (exact) mass is 482 g/mol. The topological polar surface area (TPSA) is 155 Å². The maximum Gasteiger partial charge on any atom is 0.399 e. The van der Waals surface area contributed by atoms with E-state index in [9.17, 15) is 32.3 Å². The van der Waals surface area contributed by atoms with Crippen LogP contribution in [0.2, 0.25) is 0 Å². The van der Waals surface area contributed by atoms with Gasteiger partial charge in [-0.25, -0.2) is 4.79 Å². The van der Waals surface area contributed by atoms with E-state index in [1.54, 1.807) is 5.48 Å². The van der Waals surface area contributed by atoms with E-state index in [2.05, 4.69) is 4.98 Å². The number of carbonyl (C=O) groups excluding carboxylic acids is 3. The molecule has 184 valence electrons. The van der Waals surface area contributed by atoms with Crippen LogP contribution >= 0.6 is 0 Å². The summed E-state index contributed by atoms with van der Waals surface area (Å²) in [5.74, 6) is -3.78. The van der Waals surface area contributed by atoms with Gasteiger partial charge in [-0.1, -0.05) is 13.8 Å². The predicted molar refractivity (Wildman–Crippen MR) is 99.8 cm³/mol. The minimum absolute atomic E-state index is 0.0544. The van der Waals surface area contributed by atoms with Crippen molar-refractivity contribution in [1.29, 1.82) is 0 Å². The van der Waals surface area contributed by atoms with Crippen LogP contribution in [-0.4, -0.2) is 63.8 Å². The number of alkyl halides is 3. The number of hydrogen-bond acceptors (Lipinski definition) is 11. The van der Waals surface area contributed by atoms with E-state index >= 15 is 0 Å². The lowest BCUT2D eigenvalue weighted by Gasteiger charge is -2.25. The molecule has 12 nitrogen and oxygen atoms in total. The first-order chi connectivity index (χ1) is 15.8. The normalized spacial score (nSPS) is 25.2. The molecular weight excluding hydrogens is 459 g/mol. The van der Waals surface area contributed by atoms with Crippen molar-refractivity contribution in [2.24, 2.45) is 0 Å². The molecule has 1 saturated heterocycles. The van der Waals surface area contributed by atoms with Crippen LogP contribution in [0.4, 0.5) is 19.0 Å². The number of halogens is 3. The lowest BCUT2D eigenvalue weighted by molar-refractivity contribution is -0.185. The quantitative estimate of drug-likeness (QED) is 0.295. The van der Waals surface area contributed by atoms with E-state index in [1.807, 2.05) is 0 Å². The Balaban J connectivity index is 2.54. The molecule has 0 aliphatic carbocycles. The van der Waals surface area contributed by atoms with E-state index in [-0.39, 0.29) is 18.7 Å². The number of rotatable bonds is 9. The minimum atomic E-state index is -4.96. The maximum atomic E-state index is 12.7. The van der Waals surface area contributed by atoms with Crippen LogP contribution < -0.4 is 11.2 Å². The van der Waals surface area contributed by atoms with Crippen LogP contribution in [0.1, 0.15) is 40.7 Å². The summed E-state index contributed by atoms with van der Waals surface area (Å²) >= 11 is 0. The molecule has 1 aromatic heterocycles. The Morgan fingerprint density at radius 1 is 1.21 bits per heavy atom. The van der Waals surface area contributed by atoms with E-state index in [0.29, 0.717) is 4.57 Å². The SMILES string of the molecule is [2H][C@@]1(n2ccc(NO)nc2=O)O[C@H](COC(=O)CC)[C@@H](OC(=O)CC)[C@H]1OC(=O)CC(F)(F)F.